The lowest BCUT2D eigenvalue weighted by Crippen LogP contribution is -2.29. The first kappa shape index (κ1) is 8.78. The maximum atomic E-state index is 11.2. The van der Waals surface area contributed by atoms with Gasteiger partial charge in [-0.1, -0.05) is 0 Å². The van der Waals surface area contributed by atoms with Gasteiger partial charge in [-0.2, -0.15) is 4.73 Å². The van der Waals surface area contributed by atoms with E-state index in [4.69, 9.17) is 16.3 Å². The topological polar surface area (TPSA) is 36.2 Å². The van der Waals surface area contributed by atoms with Gasteiger partial charge in [-0.25, -0.2) is 0 Å². The normalized spacial score (nSPS) is 18.6. The molecule has 2 rings (SSSR count). The van der Waals surface area contributed by atoms with E-state index in [1.165, 1.54) is 6.20 Å². The molecule has 0 bridgehead atoms. The van der Waals surface area contributed by atoms with E-state index in [0.29, 0.717) is 4.73 Å². The van der Waals surface area contributed by atoms with Crippen LogP contribution < -0.4 is 4.73 Å². The number of pyridine rings is 1. The van der Waals surface area contributed by atoms with Crippen molar-refractivity contribution in [1.29, 1.82) is 0 Å². The maximum Gasteiger partial charge on any atom is 0.286 e. The quantitative estimate of drug-likeness (QED) is 0.412. The summed E-state index contributed by atoms with van der Waals surface area (Å²) in [4.78, 5) is 0. The van der Waals surface area contributed by atoms with Crippen molar-refractivity contribution in [2.75, 3.05) is 7.11 Å². The Balaban J connectivity index is 2.37. The van der Waals surface area contributed by atoms with E-state index >= 15 is 0 Å². The van der Waals surface area contributed by atoms with Crippen LogP contribution in [0.15, 0.2) is 18.3 Å². The highest BCUT2D eigenvalue weighted by Crippen LogP contribution is 2.48. The number of ether oxygens (including phenoxy) is 1. The van der Waals surface area contributed by atoms with Crippen LogP contribution in [-0.2, 0) is 10.3 Å². The van der Waals surface area contributed by atoms with Gasteiger partial charge in [0.1, 0.15) is 0 Å². The second kappa shape index (κ2) is 2.86. The molecule has 13 heavy (non-hydrogen) atoms. The number of methoxy groups -OCH3 is 1. The molecule has 1 aromatic rings. The smallest absolute Gasteiger partial charge is 0.286 e. The highest BCUT2D eigenvalue weighted by Gasteiger charge is 2.46. The van der Waals surface area contributed by atoms with Crippen molar-refractivity contribution in [3.63, 3.8) is 0 Å². The predicted molar refractivity (Wildman–Crippen MR) is 48.3 cm³/mol. The molecule has 0 atom stereocenters. The third-order valence-corrected chi connectivity index (χ3v) is 2.78. The van der Waals surface area contributed by atoms with E-state index in [-0.39, 0.29) is 10.8 Å². The van der Waals surface area contributed by atoms with Crippen LogP contribution in [0, 0.1) is 5.21 Å². The zero-order valence-corrected chi connectivity index (χ0v) is 8.04. The van der Waals surface area contributed by atoms with Gasteiger partial charge in [-0.3, -0.25) is 0 Å². The van der Waals surface area contributed by atoms with Gasteiger partial charge in [0.2, 0.25) is 0 Å². The van der Waals surface area contributed by atoms with E-state index in [2.05, 4.69) is 0 Å². The number of aromatic nitrogens is 1. The standard InChI is InChI=1S/C9H10ClNO2/c1-13-9(4-5-9)7-2-3-8(10)11(12)6-7/h2-3,6H,4-5H2,1H3. The van der Waals surface area contributed by atoms with Gasteiger partial charge in [0.05, 0.1) is 5.60 Å². The average Bonchev–Trinajstić information content (AvgIpc) is 2.90. The van der Waals surface area contributed by atoms with Crippen molar-refractivity contribution in [1.82, 2.24) is 0 Å². The SMILES string of the molecule is COC1(c2ccc(Cl)[n+]([O-])c2)CC1. The molecule has 0 unspecified atom stereocenters. The van der Waals surface area contributed by atoms with E-state index in [0.717, 1.165) is 18.4 Å². The van der Waals surface area contributed by atoms with Crippen molar-refractivity contribution in [3.05, 3.63) is 34.3 Å². The van der Waals surface area contributed by atoms with Gasteiger partial charge < -0.3 is 9.94 Å². The van der Waals surface area contributed by atoms with Crippen molar-refractivity contribution in [3.8, 4) is 0 Å². The van der Waals surface area contributed by atoms with Crippen molar-refractivity contribution >= 4 is 11.6 Å². The van der Waals surface area contributed by atoms with Crippen molar-refractivity contribution < 1.29 is 9.47 Å². The molecule has 0 saturated heterocycles. The van der Waals surface area contributed by atoms with Crippen LogP contribution in [0.5, 0.6) is 0 Å². The molecule has 1 saturated carbocycles. The lowest BCUT2D eigenvalue weighted by Gasteiger charge is -2.12. The number of halogens is 1. The molecule has 0 spiro atoms. The largest absolute Gasteiger partial charge is 0.618 e. The van der Waals surface area contributed by atoms with Crippen molar-refractivity contribution in [2.45, 2.75) is 18.4 Å². The fourth-order valence-electron chi connectivity index (χ4n) is 1.46. The minimum Gasteiger partial charge on any atom is -0.618 e. The number of hydrogen-bond acceptors (Lipinski definition) is 2. The van der Waals surface area contributed by atoms with Gasteiger partial charge in [-0.05, 0) is 30.5 Å². The number of nitrogens with zero attached hydrogens (tertiary/aromatic N) is 1. The van der Waals surface area contributed by atoms with Crippen LogP contribution in [0.1, 0.15) is 18.4 Å². The van der Waals surface area contributed by atoms with Crippen LogP contribution in [0.2, 0.25) is 5.15 Å². The third kappa shape index (κ3) is 1.38. The van der Waals surface area contributed by atoms with Gasteiger partial charge in [0, 0.05) is 18.7 Å². The Morgan fingerprint density at radius 2 is 2.23 bits per heavy atom. The highest BCUT2D eigenvalue weighted by molar-refractivity contribution is 6.28. The van der Waals surface area contributed by atoms with Crippen LogP contribution in [0.25, 0.3) is 0 Å². The van der Waals surface area contributed by atoms with E-state index in [1.54, 1.807) is 13.2 Å². The summed E-state index contributed by atoms with van der Waals surface area (Å²) in [7, 11) is 1.66. The summed E-state index contributed by atoms with van der Waals surface area (Å²) >= 11 is 5.60. The maximum absolute atomic E-state index is 11.2. The summed E-state index contributed by atoms with van der Waals surface area (Å²) in [6.45, 7) is 0. The Labute approximate surface area is 81.5 Å². The number of rotatable bonds is 2. The average molecular weight is 200 g/mol. The minimum absolute atomic E-state index is 0.190. The van der Waals surface area contributed by atoms with Crippen LogP contribution >= 0.6 is 11.6 Å². The lowest BCUT2D eigenvalue weighted by molar-refractivity contribution is -0.603. The molecule has 1 heterocycles. The molecule has 0 aliphatic heterocycles. The molecular weight excluding hydrogens is 190 g/mol. The predicted octanol–water partition coefficient (Wildman–Crippen LogP) is 1.61. The molecule has 70 valence electrons. The monoisotopic (exact) mass is 199 g/mol. The molecule has 1 aromatic heterocycles. The first-order valence-electron chi connectivity index (χ1n) is 4.12. The van der Waals surface area contributed by atoms with Gasteiger partial charge in [0.15, 0.2) is 6.20 Å². The Morgan fingerprint density at radius 1 is 1.54 bits per heavy atom. The molecule has 0 radical (unpaired) electrons. The fourth-order valence-corrected chi connectivity index (χ4v) is 1.57. The van der Waals surface area contributed by atoms with Crippen LogP contribution in [0.4, 0.5) is 0 Å². The zero-order valence-electron chi connectivity index (χ0n) is 7.29. The second-order valence-corrected chi connectivity index (χ2v) is 3.65. The molecule has 1 aliphatic carbocycles. The van der Waals surface area contributed by atoms with E-state index < -0.39 is 0 Å². The number of hydrogen-bond donors (Lipinski definition) is 0. The molecule has 4 heteroatoms. The Bertz CT molecular complexity index is 336. The van der Waals surface area contributed by atoms with Gasteiger partial charge in [0.25, 0.3) is 5.15 Å². The van der Waals surface area contributed by atoms with Crippen molar-refractivity contribution in [2.24, 2.45) is 0 Å². The summed E-state index contributed by atoms with van der Waals surface area (Å²) < 4.78 is 6.00. The third-order valence-electron chi connectivity index (χ3n) is 2.49. The molecule has 3 nitrogen and oxygen atoms in total. The van der Waals surface area contributed by atoms with E-state index in [1.807, 2.05) is 6.07 Å². The van der Waals surface area contributed by atoms with E-state index in [9.17, 15) is 5.21 Å². The Hall–Kier alpha value is -0.800. The zero-order chi connectivity index (χ0) is 9.47. The van der Waals surface area contributed by atoms with Gasteiger partial charge >= 0.3 is 0 Å². The highest BCUT2D eigenvalue weighted by atomic mass is 35.5. The Kier molecular flexibility index (Phi) is 1.93. The Morgan fingerprint density at radius 3 is 2.69 bits per heavy atom. The first-order chi connectivity index (χ1) is 6.18. The molecule has 1 fully saturated rings. The van der Waals surface area contributed by atoms with Gasteiger partial charge in [-0.15, -0.1) is 0 Å². The second-order valence-electron chi connectivity index (χ2n) is 3.26. The van der Waals surface area contributed by atoms with Crippen LogP contribution in [0.3, 0.4) is 0 Å². The summed E-state index contributed by atoms with van der Waals surface area (Å²) in [5.74, 6) is 0. The molecule has 0 amide bonds. The summed E-state index contributed by atoms with van der Waals surface area (Å²) in [5, 5.41) is 11.3. The molecule has 0 N–H and O–H groups in total. The summed E-state index contributed by atoms with van der Waals surface area (Å²) in [6, 6.07) is 3.44. The minimum atomic E-state index is -0.212. The van der Waals surface area contributed by atoms with Crippen LogP contribution in [-0.4, -0.2) is 7.11 Å². The molecular formula is C9H10ClNO2. The summed E-state index contributed by atoms with van der Waals surface area (Å²) in [5.41, 5.74) is 0.700. The molecule has 0 aromatic carbocycles. The first-order valence-corrected chi connectivity index (χ1v) is 4.50. The summed E-state index contributed by atoms with van der Waals surface area (Å²) in [6.07, 6.45) is 3.44. The molecule has 1 aliphatic rings. The lowest BCUT2D eigenvalue weighted by atomic mass is 10.1. The fraction of sp³-hybridized carbons (Fsp3) is 0.444.